The largest absolute Gasteiger partial charge is 0.451 e. The van der Waals surface area contributed by atoms with E-state index in [9.17, 15) is 18.0 Å². The Morgan fingerprint density at radius 1 is 1.00 bits per heavy atom. The van der Waals surface area contributed by atoms with Crippen LogP contribution in [0.5, 0.6) is 0 Å². The van der Waals surface area contributed by atoms with E-state index >= 15 is 0 Å². The molecular weight excluding hydrogens is 422 g/mol. The number of fused-ring (bicyclic) bond motifs is 1. The van der Waals surface area contributed by atoms with Gasteiger partial charge in [0.05, 0.1) is 11.5 Å². The topological polar surface area (TPSA) is 80.8 Å². The van der Waals surface area contributed by atoms with Gasteiger partial charge in [-0.25, -0.2) is 13.2 Å². The van der Waals surface area contributed by atoms with Gasteiger partial charge in [-0.2, -0.15) is 0 Å². The summed E-state index contributed by atoms with van der Waals surface area (Å²) < 4.78 is 29.3. The fourth-order valence-electron chi connectivity index (χ4n) is 5.10. The lowest BCUT2D eigenvalue weighted by atomic mass is 10.00. The molecule has 30 heavy (non-hydrogen) atoms. The molecule has 4 rings (SSSR count). The molecule has 0 spiro atoms. The third-order valence-corrected chi connectivity index (χ3v) is 9.60. The van der Waals surface area contributed by atoms with Crippen molar-refractivity contribution in [3.05, 3.63) is 21.4 Å². The quantitative estimate of drug-likeness (QED) is 0.637. The first-order chi connectivity index (χ1) is 14.4. The number of amides is 1. The Morgan fingerprint density at radius 3 is 2.43 bits per heavy atom. The summed E-state index contributed by atoms with van der Waals surface area (Å²) in [5, 5.41) is 0. The van der Waals surface area contributed by atoms with Gasteiger partial charge in [-0.05, 0) is 56.6 Å². The van der Waals surface area contributed by atoms with Crippen LogP contribution in [0.3, 0.4) is 0 Å². The Morgan fingerprint density at radius 2 is 1.73 bits per heavy atom. The molecule has 1 aliphatic heterocycles. The average Bonchev–Trinajstić information content (AvgIpc) is 3.41. The molecule has 0 aromatic carbocycles. The Hall–Kier alpha value is -1.41. The number of ether oxygens (including phenoxy) is 1. The van der Waals surface area contributed by atoms with Gasteiger partial charge in [0, 0.05) is 17.0 Å². The summed E-state index contributed by atoms with van der Waals surface area (Å²) in [6.45, 7) is -0.311. The van der Waals surface area contributed by atoms with Crippen molar-refractivity contribution in [2.75, 3.05) is 18.1 Å². The molecule has 6 nitrogen and oxygen atoms in total. The number of hydrogen-bond donors (Lipinski definition) is 0. The van der Waals surface area contributed by atoms with Gasteiger partial charge >= 0.3 is 5.97 Å². The third-order valence-electron chi connectivity index (χ3n) is 6.63. The second kappa shape index (κ2) is 9.39. The molecule has 0 N–H and O–H groups in total. The first kappa shape index (κ1) is 21.8. The van der Waals surface area contributed by atoms with Crippen LogP contribution < -0.4 is 0 Å². The molecule has 1 aromatic heterocycles. The molecule has 3 aliphatic rings. The van der Waals surface area contributed by atoms with E-state index in [2.05, 4.69) is 0 Å². The van der Waals surface area contributed by atoms with Crippen molar-refractivity contribution in [2.45, 2.75) is 82.7 Å². The molecule has 0 bridgehead atoms. The summed E-state index contributed by atoms with van der Waals surface area (Å²) in [4.78, 5) is 29.2. The monoisotopic (exact) mass is 453 g/mol. The van der Waals surface area contributed by atoms with E-state index in [0.717, 1.165) is 51.4 Å². The third kappa shape index (κ3) is 5.07. The van der Waals surface area contributed by atoms with Crippen LogP contribution in [0.15, 0.2) is 6.07 Å². The first-order valence-electron chi connectivity index (χ1n) is 11.2. The van der Waals surface area contributed by atoms with Crippen molar-refractivity contribution >= 4 is 33.1 Å². The molecule has 1 unspecified atom stereocenters. The minimum absolute atomic E-state index is 0.0286. The van der Waals surface area contributed by atoms with Gasteiger partial charge in [-0.1, -0.05) is 25.7 Å². The molecular formula is C22H31NO5S2. The van der Waals surface area contributed by atoms with Gasteiger partial charge in [-0.3, -0.25) is 4.79 Å². The van der Waals surface area contributed by atoms with Gasteiger partial charge in [0.1, 0.15) is 4.88 Å². The molecule has 1 aromatic rings. The van der Waals surface area contributed by atoms with Gasteiger partial charge < -0.3 is 9.64 Å². The first-order valence-corrected chi connectivity index (χ1v) is 13.9. The predicted molar refractivity (Wildman–Crippen MR) is 117 cm³/mol. The number of sulfone groups is 1. The van der Waals surface area contributed by atoms with Crippen molar-refractivity contribution in [1.29, 1.82) is 0 Å². The van der Waals surface area contributed by atoms with Crippen LogP contribution in [-0.4, -0.2) is 55.4 Å². The molecule has 1 saturated heterocycles. The minimum Gasteiger partial charge on any atom is -0.451 e. The van der Waals surface area contributed by atoms with Crippen molar-refractivity contribution in [3.63, 3.8) is 0 Å². The SMILES string of the molecule is O=C(OCC(=O)N(C1CCCC1)C1CCS(=O)(=O)C1)c1cc2c(s1)CCCCCC2. The molecule has 0 radical (unpaired) electrons. The van der Waals surface area contributed by atoms with Crippen LogP contribution in [0.4, 0.5) is 0 Å². The fourth-order valence-corrected chi connectivity index (χ4v) is 7.96. The van der Waals surface area contributed by atoms with Gasteiger partial charge in [0.25, 0.3) is 5.91 Å². The lowest BCUT2D eigenvalue weighted by Crippen LogP contribution is -2.48. The molecule has 1 amide bonds. The van der Waals surface area contributed by atoms with E-state index in [1.54, 1.807) is 4.90 Å². The predicted octanol–water partition coefficient (Wildman–Crippen LogP) is 3.52. The summed E-state index contributed by atoms with van der Waals surface area (Å²) in [5.74, 6) is -0.534. The minimum atomic E-state index is -3.09. The van der Waals surface area contributed by atoms with Crippen molar-refractivity contribution in [3.8, 4) is 0 Å². The Balaban J connectivity index is 1.40. The van der Waals surface area contributed by atoms with E-state index in [0.29, 0.717) is 11.3 Å². The lowest BCUT2D eigenvalue weighted by Gasteiger charge is -2.33. The van der Waals surface area contributed by atoms with Crippen molar-refractivity contribution in [2.24, 2.45) is 0 Å². The highest BCUT2D eigenvalue weighted by Gasteiger charge is 2.39. The standard InChI is InChI=1S/C22H31NO5S2/c24-21(23(17-8-5-6-9-17)18-11-12-30(26,27)15-18)14-28-22(25)20-13-16-7-3-1-2-4-10-19(16)29-20/h13,17-18H,1-12,14-15H2. The van der Waals surface area contributed by atoms with Crippen LogP contribution in [0.1, 0.15) is 77.9 Å². The second-order valence-electron chi connectivity index (χ2n) is 8.85. The fraction of sp³-hybridized carbons (Fsp3) is 0.727. The van der Waals surface area contributed by atoms with Crippen LogP contribution in [0.25, 0.3) is 0 Å². The zero-order valence-electron chi connectivity index (χ0n) is 17.4. The number of carbonyl (C=O) groups excluding carboxylic acids is 2. The zero-order valence-corrected chi connectivity index (χ0v) is 19.1. The highest BCUT2D eigenvalue weighted by atomic mass is 32.2. The van der Waals surface area contributed by atoms with E-state index in [1.807, 2.05) is 6.07 Å². The maximum Gasteiger partial charge on any atom is 0.348 e. The maximum atomic E-state index is 13.0. The highest BCUT2D eigenvalue weighted by molar-refractivity contribution is 7.91. The molecule has 8 heteroatoms. The highest BCUT2D eigenvalue weighted by Crippen LogP contribution is 2.31. The molecule has 2 fully saturated rings. The molecule has 2 heterocycles. The molecule has 166 valence electrons. The Kier molecular flexibility index (Phi) is 6.82. The van der Waals surface area contributed by atoms with Crippen LogP contribution >= 0.6 is 11.3 Å². The van der Waals surface area contributed by atoms with Gasteiger partial charge in [0.15, 0.2) is 16.4 Å². The van der Waals surface area contributed by atoms with E-state index in [4.69, 9.17) is 4.74 Å². The molecule has 1 atom stereocenters. The summed E-state index contributed by atoms with van der Waals surface area (Å²) in [6.07, 6.45) is 11.2. The molecule has 1 saturated carbocycles. The van der Waals surface area contributed by atoms with Crippen molar-refractivity contribution in [1.82, 2.24) is 4.90 Å². The number of rotatable bonds is 5. The normalized spacial score (nSPS) is 24.1. The Labute approximate surface area is 182 Å². The van der Waals surface area contributed by atoms with Crippen molar-refractivity contribution < 1.29 is 22.7 Å². The maximum absolute atomic E-state index is 13.0. The van der Waals surface area contributed by atoms with Crippen LogP contribution in [0.2, 0.25) is 0 Å². The van der Waals surface area contributed by atoms with Gasteiger partial charge in [-0.15, -0.1) is 11.3 Å². The van der Waals surface area contributed by atoms with Crippen LogP contribution in [0, 0.1) is 0 Å². The smallest absolute Gasteiger partial charge is 0.348 e. The number of carbonyl (C=O) groups is 2. The Bertz CT molecular complexity index is 860. The zero-order chi connectivity index (χ0) is 21.1. The lowest BCUT2D eigenvalue weighted by molar-refractivity contribution is -0.139. The number of nitrogens with zero attached hydrogens (tertiary/aromatic N) is 1. The van der Waals surface area contributed by atoms with Gasteiger partial charge in [0.2, 0.25) is 0 Å². The summed E-state index contributed by atoms with van der Waals surface area (Å²) >= 11 is 1.50. The van der Waals surface area contributed by atoms with E-state index in [1.165, 1.54) is 34.6 Å². The van der Waals surface area contributed by atoms with Crippen LogP contribution in [-0.2, 0) is 32.2 Å². The average molecular weight is 454 g/mol. The number of thiophene rings is 1. The van der Waals surface area contributed by atoms with E-state index < -0.39 is 15.8 Å². The summed E-state index contributed by atoms with van der Waals surface area (Å²) in [5.41, 5.74) is 1.25. The number of aryl methyl sites for hydroxylation is 2. The summed E-state index contributed by atoms with van der Waals surface area (Å²) in [7, 11) is -3.09. The summed E-state index contributed by atoms with van der Waals surface area (Å²) in [6, 6.07) is 1.72. The van der Waals surface area contributed by atoms with E-state index in [-0.39, 0.29) is 36.1 Å². The number of hydrogen-bond acceptors (Lipinski definition) is 6. The second-order valence-corrected chi connectivity index (χ2v) is 12.2. The molecule has 2 aliphatic carbocycles. The number of esters is 1.